The van der Waals surface area contributed by atoms with Crippen LogP contribution in [0.1, 0.15) is 45.4 Å². The first-order valence-electron chi connectivity index (χ1n) is 6.71. The van der Waals surface area contributed by atoms with Crippen LogP contribution in [0.15, 0.2) is 10.8 Å². The molecule has 0 aromatic carbocycles. The first-order chi connectivity index (χ1) is 8.79. The molecule has 0 saturated heterocycles. The summed E-state index contributed by atoms with van der Waals surface area (Å²) in [6, 6.07) is 0. The van der Waals surface area contributed by atoms with Crippen molar-refractivity contribution in [1.82, 2.24) is 9.97 Å². The molecule has 0 aliphatic carbocycles. The van der Waals surface area contributed by atoms with Gasteiger partial charge in [-0.25, -0.2) is 9.97 Å². The van der Waals surface area contributed by atoms with Gasteiger partial charge in [-0.2, -0.15) is 0 Å². The van der Waals surface area contributed by atoms with E-state index in [1.165, 1.54) is 38.5 Å². The van der Waals surface area contributed by atoms with Crippen molar-refractivity contribution < 1.29 is 0 Å². The van der Waals surface area contributed by atoms with E-state index >= 15 is 0 Å². The van der Waals surface area contributed by atoms with E-state index in [-0.39, 0.29) is 0 Å². The molecule has 4 nitrogen and oxygen atoms in total. The van der Waals surface area contributed by atoms with Gasteiger partial charge < -0.3 is 10.6 Å². The van der Waals surface area contributed by atoms with Crippen LogP contribution in [0.25, 0.3) is 0 Å². The molecule has 0 aliphatic heterocycles. The van der Waals surface area contributed by atoms with Crippen molar-refractivity contribution in [3.63, 3.8) is 0 Å². The molecule has 0 spiro atoms. The van der Waals surface area contributed by atoms with Crippen LogP contribution in [0, 0.1) is 0 Å². The van der Waals surface area contributed by atoms with Gasteiger partial charge in [-0.05, 0) is 22.4 Å². The van der Waals surface area contributed by atoms with E-state index in [4.69, 9.17) is 0 Å². The summed E-state index contributed by atoms with van der Waals surface area (Å²) >= 11 is 3.49. The van der Waals surface area contributed by atoms with E-state index in [9.17, 15) is 0 Å². The van der Waals surface area contributed by atoms with E-state index in [0.29, 0.717) is 0 Å². The van der Waals surface area contributed by atoms with E-state index in [2.05, 4.69) is 43.5 Å². The molecule has 1 rings (SSSR count). The Bertz CT molecular complexity index is 344. The molecular formula is C13H23BrN4. The lowest BCUT2D eigenvalue weighted by Gasteiger charge is -2.09. The summed E-state index contributed by atoms with van der Waals surface area (Å²) in [5.74, 6) is 1.68. The molecule has 0 bridgehead atoms. The standard InChI is InChI=1S/C13H23BrN4/c1-3-4-5-6-7-8-9-16-13-11(14)12(15-2)17-10-18-13/h10H,3-9H2,1-2H3,(H2,15,16,17,18). The molecule has 1 aromatic heterocycles. The van der Waals surface area contributed by atoms with Gasteiger partial charge in [-0.15, -0.1) is 0 Å². The minimum atomic E-state index is 0.815. The van der Waals surface area contributed by atoms with Gasteiger partial charge in [-0.1, -0.05) is 39.0 Å². The number of halogens is 1. The van der Waals surface area contributed by atoms with Gasteiger partial charge in [0.1, 0.15) is 22.4 Å². The highest BCUT2D eigenvalue weighted by molar-refractivity contribution is 9.10. The van der Waals surface area contributed by atoms with E-state index in [1.807, 2.05) is 7.05 Å². The Kier molecular flexibility index (Phi) is 7.73. The highest BCUT2D eigenvalue weighted by Gasteiger charge is 2.05. The van der Waals surface area contributed by atoms with Gasteiger partial charge in [-0.3, -0.25) is 0 Å². The Labute approximate surface area is 118 Å². The van der Waals surface area contributed by atoms with Crippen LogP contribution >= 0.6 is 15.9 Å². The fourth-order valence-electron chi connectivity index (χ4n) is 1.78. The second kappa shape index (κ2) is 9.14. The van der Waals surface area contributed by atoms with Crippen LogP contribution in [0.5, 0.6) is 0 Å². The van der Waals surface area contributed by atoms with Crippen LogP contribution in [-0.2, 0) is 0 Å². The smallest absolute Gasteiger partial charge is 0.145 e. The van der Waals surface area contributed by atoms with Gasteiger partial charge in [0.2, 0.25) is 0 Å². The van der Waals surface area contributed by atoms with Crippen molar-refractivity contribution >= 4 is 27.6 Å². The van der Waals surface area contributed by atoms with Crippen molar-refractivity contribution in [3.05, 3.63) is 10.8 Å². The fourth-order valence-corrected chi connectivity index (χ4v) is 2.32. The Morgan fingerprint density at radius 2 is 1.72 bits per heavy atom. The van der Waals surface area contributed by atoms with E-state index in [0.717, 1.165) is 22.7 Å². The summed E-state index contributed by atoms with van der Waals surface area (Å²) in [4.78, 5) is 8.35. The summed E-state index contributed by atoms with van der Waals surface area (Å²) in [7, 11) is 1.85. The van der Waals surface area contributed by atoms with Gasteiger partial charge in [0.15, 0.2) is 0 Å². The zero-order chi connectivity index (χ0) is 13.2. The third-order valence-electron chi connectivity index (χ3n) is 2.85. The molecular weight excluding hydrogens is 292 g/mol. The Hall–Kier alpha value is -0.840. The maximum atomic E-state index is 4.23. The van der Waals surface area contributed by atoms with E-state index < -0.39 is 0 Å². The lowest BCUT2D eigenvalue weighted by molar-refractivity contribution is 0.616. The molecule has 2 N–H and O–H groups in total. The quantitative estimate of drug-likeness (QED) is 0.675. The predicted octanol–water partition coefficient (Wildman–Crippen LogP) is 4.05. The predicted molar refractivity (Wildman–Crippen MR) is 81.1 cm³/mol. The first-order valence-corrected chi connectivity index (χ1v) is 7.51. The molecule has 0 atom stereocenters. The van der Waals surface area contributed by atoms with Crippen LogP contribution in [0.3, 0.4) is 0 Å². The second-order valence-electron chi connectivity index (χ2n) is 4.33. The zero-order valence-corrected chi connectivity index (χ0v) is 12.9. The Balaban J connectivity index is 2.23. The average molecular weight is 315 g/mol. The molecule has 1 heterocycles. The molecule has 0 saturated carbocycles. The summed E-state index contributed by atoms with van der Waals surface area (Å²) in [5, 5.41) is 6.36. The summed E-state index contributed by atoms with van der Waals surface area (Å²) in [6.45, 7) is 3.21. The monoisotopic (exact) mass is 314 g/mol. The molecule has 0 unspecified atom stereocenters. The number of nitrogens with one attached hydrogen (secondary N) is 2. The van der Waals surface area contributed by atoms with Crippen molar-refractivity contribution in [2.75, 3.05) is 24.2 Å². The topological polar surface area (TPSA) is 49.8 Å². The third-order valence-corrected chi connectivity index (χ3v) is 3.60. The number of unbranched alkanes of at least 4 members (excludes halogenated alkanes) is 5. The minimum Gasteiger partial charge on any atom is -0.372 e. The summed E-state index contributed by atoms with van der Waals surface area (Å²) in [5.41, 5.74) is 0. The van der Waals surface area contributed by atoms with Gasteiger partial charge in [0, 0.05) is 13.6 Å². The van der Waals surface area contributed by atoms with Crippen molar-refractivity contribution in [3.8, 4) is 0 Å². The van der Waals surface area contributed by atoms with Crippen molar-refractivity contribution in [2.24, 2.45) is 0 Å². The number of anilines is 2. The number of hydrogen-bond donors (Lipinski definition) is 2. The second-order valence-corrected chi connectivity index (χ2v) is 5.12. The average Bonchev–Trinajstić information content (AvgIpc) is 2.39. The van der Waals surface area contributed by atoms with Crippen molar-refractivity contribution in [2.45, 2.75) is 45.4 Å². The number of rotatable bonds is 9. The molecule has 102 valence electrons. The third kappa shape index (κ3) is 5.21. The van der Waals surface area contributed by atoms with Crippen LogP contribution < -0.4 is 10.6 Å². The summed E-state index contributed by atoms with van der Waals surface area (Å²) < 4.78 is 0.901. The van der Waals surface area contributed by atoms with Crippen molar-refractivity contribution in [1.29, 1.82) is 0 Å². The molecule has 0 amide bonds. The van der Waals surface area contributed by atoms with Crippen LogP contribution in [0.2, 0.25) is 0 Å². The molecule has 5 heteroatoms. The lowest BCUT2D eigenvalue weighted by Crippen LogP contribution is -2.06. The Morgan fingerprint density at radius 1 is 1.06 bits per heavy atom. The highest BCUT2D eigenvalue weighted by Crippen LogP contribution is 2.25. The molecule has 18 heavy (non-hydrogen) atoms. The zero-order valence-electron chi connectivity index (χ0n) is 11.3. The number of nitrogens with zero attached hydrogens (tertiary/aromatic N) is 2. The van der Waals surface area contributed by atoms with Crippen LogP contribution in [0.4, 0.5) is 11.6 Å². The minimum absolute atomic E-state index is 0.815. The highest BCUT2D eigenvalue weighted by atomic mass is 79.9. The number of hydrogen-bond acceptors (Lipinski definition) is 4. The van der Waals surface area contributed by atoms with Gasteiger partial charge in [0.05, 0.1) is 0 Å². The van der Waals surface area contributed by atoms with Gasteiger partial charge in [0.25, 0.3) is 0 Å². The first kappa shape index (κ1) is 15.2. The number of aromatic nitrogens is 2. The van der Waals surface area contributed by atoms with Crippen LogP contribution in [-0.4, -0.2) is 23.6 Å². The lowest BCUT2D eigenvalue weighted by atomic mass is 10.1. The molecule has 0 aliphatic rings. The SMILES string of the molecule is CCCCCCCCNc1ncnc(NC)c1Br. The largest absolute Gasteiger partial charge is 0.372 e. The Morgan fingerprint density at radius 3 is 2.44 bits per heavy atom. The normalized spacial score (nSPS) is 10.4. The molecule has 0 radical (unpaired) electrons. The maximum absolute atomic E-state index is 4.23. The molecule has 0 fully saturated rings. The maximum Gasteiger partial charge on any atom is 0.145 e. The van der Waals surface area contributed by atoms with E-state index in [1.54, 1.807) is 6.33 Å². The summed E-state index contributed by atoms with van der Waals surface area (Å²) in [6.07, 6.45) is 9.40. The fraction of sp³-hybridized carbons (Fsp3) is 0.692. The molecule has 1 aromatic rings. The van der Waals surface area contributed by atoms with Gasteiger partial charge >= 0.3 is 0 Å².